The highest BCUT2D eigenvalue weighted by Gasteiger charge is 2.14. The Morgan fingerprint density at radius 1 is 1.11 bits per heavy atom. The summed E-state index contributed by atoms with van der Waals surface area (Å²) in [4.78, 5) is 35.1. The van der Waals surface area contributed by atoms with Gasteiger partial charge in [-0.2, -0.15) is 4.98 Å². The lowest BCUT2D eigenvalue weighted by Crippen LogP contribution is -2.19. The molecule has 0 bridgehead atoms. The Hall–Kier alpha value is -4.15. The number of nitrogens with zero attached hydrogens (tertiary/aromatic N) is 3. The molecule has 0 fully saturated rings. The normalized spacial score (nSPS) is 10.8. The van der Waals surface area contributed by atoms with Gasteiger partial charge in [-0.25, -0.2) is 4.98 Å². The molecule has 11 heteroatoms. The zero-order chi connectivity index (χ0) is 26.1. The number of amides is 2. The third-order valence-electron chi connectivity index (χ3n) is 4.85. The average molecular weight is 510 g/mol. The zero-order valence-corrected chi connectivity index (χ0v) is 21.2. The topological polar surface area (TPSA) is 121 Å². The number of ether oxygens (including phenoxy) is 1. The van der Waals surface area contributed by atoms with Crippen LogP contribution in [0.4, 0.5) is 28.8 Å². The van der Waals surface area contributed by atoms with E-state index in [4.69, 9.17) is 16.3 Å². The van der Waals surface area contributed by atoms with Crippen LogP contribution in [0, 0.1) is 0 Å². The van der Waals surface area contributed by atoms with Crippen LogP contribution in [0.1, 0.15) is 10.4 Å². The van der Waals surface area contributed by atoms with Crippen LogP contribution in [0.15, 0.2) is 60.8 Å². The van der Waals surface area contributed by atoms with E-state index in [0.29, 0.717) is 40.7 Å². The predicted molar refractivity (Wildman–Crippen MR) is 143 cm³/mol. The maximum atomic E-state index is 12.2. The number of anilines is 5. The molecule has 0 aliphatic heterocycles. The van der Waals surface area contributed by atoms with Crippen LogP contribution in [-0.4, -0.2) is 61.5 Å². The van der Waals surface area contributed by atoms with E-state index in [1.807, 2.05) is 19.0 Å². The third-order valence-corrected chi connectivity index (χ3v) is 5.13. The second kappa shape index (κ2) is 12.5. The van der Waals surface area contributed by atoms with Gasteiger partial charge in [0.2, 0.25) is 11.9 Å². The van der Waals surface area contributed by atoms with E-state index in [9.17, 15) is 9.59 Å². The number of para-hydroxylation sites is 1. The number of hydrogen-bond acceptors (Lipinski definition) is 8. The minimum atomic E-state index is -0.253. The van der Waals surface area contributed by atoms with Crippen LogP contribution >= 0.6 is 11.6 Å². The van der Waals surface area contributed by atoms with Crippen molar-refractivity contribution < 1.29 is 14.3 Å². The van der Waals surface area contributed by atoms with Gasteiger partial charge in [0.25, 0.3) is 5.91 Å². The van der Waals surface area contributed by atoms with Crippen LogP contribution < -0.4 is 26.0 Å². The summed E-state index contributed by atoms with van der Waals surface area (Å²) >= 11 is 6.32. The van der Waals surface area contributed by atoms with Crippen molar-refractivity contribution in [1.82, 2.24) is 20.2 Å². The number of hydrogen-bond donors (Lipinski definition) is 4. The average Bonchev–Trinajstić information content (AvgIpc) is 2.86. The molecule has 0 saturated heterocycles. The van der Waals surface area contributed by atoms with Crippen LogP contribution in [0.3, 0.4) is 0 Å². The molecule has 1 heterocycles. The highest BCUT2D eigenvalue weighted by atomic mass is 35.5. The molecule has 1 aromatic heterocycles. The van der Waals surface area contributed by atoms with E-state index in [2.05, 4.69) is 31.2 Å². The van der Waals surface area contributed by atoms with Crippen LogP contribution in [0.5, 0.6) is 5.75 Å². The van der Waals surface area contributed by atoms with Gasteiger partial charge in [0.15, 0.2) is 5.82 Å². The first-order chi connectivity index (χ1) is 17.3. The lowest BCUT2D eigenvalue weighted by Gasteiger charge is -2.14. The lowest BCUT2D eigenvalue weighted by atomic mass is 10.1. The number of nitrogens with one attached hydrogen (secondary N) is 4. The fraction of sp³-hybridized carbons (Fsp3) is 0.200. The molecule has 0 atom stereocenters. The van der Waals surface area contributed by atoms with Gasteiger partial charge in [0, 0.05) is 25.4 Å². The summed E-state index contributed by atoms with van der Waals surface area (Å²) < 4.78 is 5.44. The Balaban J connectivity index is 1.82. The Morgan fingerprint density at radius 2 is 1.89 bits per heavy atom. The third kappa shape index (κ3) is 7.17. The van der Waals surface area contributed by atoms with E-state index >= 15 is 0 Å². The van der Waals surface area contributed by atoms with Crippen molar-refractivity contribution in [2.45, 2.75) is 0 Å². The van der Waals surface area contributed by atoms with Crippen molar-refractivity contribution in [3.63, 3.8) is 0 Å². The molecule has 0 aliphatic rings. The Labute approximate surface area is 214 Å². The van der Waals surface area contributed by atoms with Crippen LogP contribution in [-0.2, 0) is 4.79 Å². The second-order valence-corrected chi connectivity index (χ2v) is 8.24. The first-order valence-corrected chi connectivity index (χ1v) is 11.4. The summed E-state index contributed by atoms with van der Waals surface area (Å²) in [6, 6.07) is 12.2. The van der Waals surface area contributed by atoms with E-state index in [1.165, 1.54) is 19.4 Å². The van der Waals surface area contributed by atoms with Gasteiger partial charge in [0.1, 0.15) is 10.8 Å². The molecule has 0 aliphatic carbocycles. The molecular weight excluding hydrogens is 482 g/mol. The summed E-state index contributed by atoms with van der Waals surface area (Å²) in [7, 11) is 6.94. The molecule has 2 aromatic carbocycles. The molecular formula is C25H28ClN7O3. The van der Waals surface area contributed by atoms with Crippen LogP contribution in [0.25, 0.3) is 0 Å². The summed E-state index contributed by atoms with van der Waals surface area (Å²) in [5, 5.41) is 11.9. The van der Waals surface area contributed by atoms with Gasteiger partial charge >= 0.3 is 0 Å². The zero-order valence-electron chi connectivity index (χ0n) is 20.4. The quantitative estimate of drug-likeness (QED) is 0.302. The largest absolute Gasteiger partial charge is 0.495 e. The Bertz CT molecular complexity index is 1260. The molecule has 3 aromatic rings. The highest BCUT2D eigenvalue weighted by Crippen LogP contribution is 2.31. The predicted octanol–water partition coefficient (Wildman–Crippen LogP) is 4.04. The molecule has 0 spiro atoms. The number of methoxy groups -OCH3 is 1. The van der Waals surface area contributed by atoms with Gasteiger partial charge < -0.3 is 30.9 Å². The van der Waals surface area contributed by atoms with E-state index < -0.39 is 0 Å². The molecule has 10 nitrogen and oxygen atoms in total. The number of halogens is 1. The number of carbonyl (C=O) groups excluding carboxylic acids is 2. The van der Waals surface area contributed by atoms with Crippen LogP contribution in [0.2, 0.25) is 5.02 Å². The number of aromatic nitrogens is 2. The summed E-state index contributed by atoms with van der Waals surface area (Å²) in [6.45, 7) is 0.653. The smallest absolute Gasteiger partial charge is 0.253 e. The Morgan fingerprint density at radius 3 is 2.61 bits per heavy atom. The maximum absolute atomic E-state index is 12.2. The van der Waals surface area contributed by atoms with E-state index in [-0.39, 0.29) is 22.8 Å². The molecule has 36 heavy (non-hydrogen) atoms. The minimum absolute atomic E-state index is 0.229. The Kier molecular flexibility index (Phi) is 9.20. The molecule has 3 rings (SSSR count). The standard InChI is InChI=1S/C25H28ClN7O3/c1-27-24(35)17-8-5-6-9-19(17)30-23-18(26)15-28-25(32-23)31-20-14-16(11-12-21(20)36-4)29-22(34)10-7-13-33(2)3/h5-12,14-15H,13H2,1-4H3,(H,27,35)(H,29,34)(H2,28,30,31,32)/b10-7+. The summed E-state index contributed by atoms with van der Waals surface area (Å²) in [5.41, 5.74) is 2.07. The second-order valence-electron chi connectivity index (χ2n) is 7.83. The van der Waals surface area contributed by atoms with Crippen molar-refractivity contribution in [3.05, 3.63) is 71.4 Å². The fourth-order valence-electron chi connectivity index (χ4n) is 3.13. The van der Waals surface area contributed by atoms with Gasteiger partial charge in [-0.3, -0.25) is 9.59 Å². The molecule has 0 radical (unpaired) electrons. The maximum Gasteiger partial charge on any atom is 0.253 e. The molecule has 2 amide bonds. The fourth-order valence-corrected chi connectivity index (χ4v) is 3.26. The molecule has 0 unspecified atom stereocenters. The lowest BCUT2D eigenvalue weighted by molar-refractivity contribution is -0.111. The van der Waals surface area contributed by atoms with Gasteiger partial charge in [0.05, 0.1) is 30.2 Å². The summed E-state index contributed by atoms with van der Waals surface area (Å²) in [6.07, 6.45) is 4.69. The van der Waals surface area contributed by atoms with Gasteiger partial charge in [-0.1, -0.05) is 29.8 Å². The van der Waals surface area contributed by atoms with Crippen molar-refractivity contribution in [2.75, 3.05) is 50.7 Å². The molecule has 4 N–H and O–H groups in total. The van der Waals surface area contributed by atoms with Crippen molar-refractivity contribution in [2.24, 2.45) is 0 Å². The van der Waals surface area contributed by atoms with Crippen molar-refractivity contribution >= 4 is 52.2 Å². The number of carbonyl (C=O) groups is 2. The number of benzene rings is 2. The monoisotopic (exact) mass is 509 g/mol. The van der Waals surface area contributed by atoms with Crippen molar-refractivity contribution in [1.29, 1.82) is 0 Å². The molecule has 188 valence electrons. The SMILES string of the molecule is CNC(=O)c1ccccc1Nc1nc(Nc2cc(NC(=O)/C=C/CN(C)C)ccc2OC)ncc1Cl. The van der Waals surface area contributed by atoms with Crippen molar-refractivity contribution in [3.8, 4) is 5.75 Å². The molecule has 0 saturated carbocycles. The number of likely N-dealkylation sites (N-methyl/N-ethyl adjacent to an activating group) is 1. The van der Waals surface area contributed by atoms with Gasteiger partial charge in [-0.05, 0) is 44.4 Å². The van der Waals surface area contributed by atoms with E-state index in [1.54, 1.807) is 55.6 Å². The minimum Gasteiger partial charge on any atom is -0.495 e. The first kappa shape index (κ1) is 26.5. The van der Waals surface area contributed by atoms with Gasteiger partial charge in [-0.15, -0.1) is 0 Å². The first-order valence-electron chi connectivity index (χ1n) is 11.0. The number of rotatable bonds is 10. The highest BCUT2D eigenvalue weighted by molar-refractivity contribution is 6.33. The summed E-state index contributed by atoms with van der Waals surface area (Å²) in [5.74, 6) is 0.555. The van der Waals surface area contributed by atoms with E-state index in [0.717, 1.165) is 0 Å².